The zero-order valence-electron chi connectivity index (χ0n) is 37.2. The van der Waals surface area contributed by atoms with Crippen LogP contribution >= 0.6 is 11.3 Å². The van der Waals surface area contributed by atoms with Gasteiger partial charge in [-0.1, -0.05) is 188 Å². The van der Waals surface area contributed by atoms with Gasteiger partial charge >= 0.3 is 0 Å². The van der Waals surface area contributed by atoms with Gasteiger partial charge < -0.3 is 9.13 Å². The van der Waals surface area contributed by atoms with Crippen LogP contribution in [0.25, 0.3) is 132 Å². The van der Waals surface area contributed by atoms with E-state index in [1.165, 1.54) is 47.5 Å². The molecule has 0 aliphatic carbocycles. The Morgan fingerprint density at radius 3 is 1.41 bits per heavy atom. The van der Waals surface area contributed by atoms with Gasteiger partial charge in [-0.2, -0.15) is 0 Å². The lowest BCUT2D eigenvalue weighted by Crippen LogP contribution is -2.00. The molecule has 4 heterocycles. The van der Waals surface area contributed by atoms with E-state index in [9.17, 15) is 0 Å². The van der Waals surface area contributed by atoms with Crippen molar-refractivity contribution in [2.24, 2.45) is 0 Å². The van der Waals surface area contributed by atoms with Crippen LogP contribution in [0.4, 0.5) is 0 Å². The molecule has 0 fully saturated rings. The summed E-state index contributed by atoms with van der Waals surface area (Å²) in [6, 6.07) is 84.3. The zero-order valence-corrected chi connectivity index (χ0v) is 38.0. The van der Waals surface area contributed by atoms with Crippen LogP contribution in [-0.2, 0) is 0 Å². The monoisotopic (exact) mass is 897 g/mol. The number of thiophene rings is 1. The fourth-order valence-electron chi connectivity index (χ4n) is 10.4. The minimum Gasteiger partial charge on any atom is -0.309 e. The highest BCUT2D eigenvalue weighted by Gasteiger charge is 2.23. The predicted octanol–water partition coefficient (Wildman–Crippen LogP) is 16.8. The maximum Gasteiger partial charge on any atom is 0.164 e. The first-order valence-corrected chi connectivity index (χ1v) is 24.1. The van der Waals surface area contributed by atoms with Crippen LogP contribution in [0.1, 0.15) is 0 Å². The van der Waals surface area contributed by atoms with Gasteiger partial charge in [0.05, 0.1) is 26.8 Å². The molecule has 0 amide bonds. The zero-order chi connectivity index (χ0) is 45.4. The van der Waals surface area contributed by atoms with Gasteiger partial charge in [0, 0.05) is 65.1 Å². The molecule has 0 unspecified atom stereocenters. The van der Waals surface area contributed by atoms with Gasteiger partial charge in [-0.25, -0.2) is 15.0 Å². The molecule has 0 aliphatic rings. The molecule has 0 atom stereocenters. The Bertz CT molecular complexity index is 4110. The summed E-state index contributed by atoms with van der Waals surface area (Å²) in [5, 5.41) is 7.23. The van der Waals surface area contributed by atoms with Crippen LogP contribution in [-0.4, -0.2) is 24.1 Å². The Kier molecular flexibility index (Phi) is 9.00. The number of nitrogens with zero attached hydrogens (tertiary/aromatic N) is 5. The highest BCUT2D eigenvalue weighted by Crippen LogP contribution is 2.46. The van der Waals surface area contributed by atoms with Crippen molar-refractivity contribution in [3.05, 3.63) is 237 Å². The molecule has 0 N–H and O–H groups in total. The normalized spacial score (nSPS) is 11.8. The van der Waals surface area contributed by atoms with Crippen molar-refractivity contribution in [2.75, 3.05) is 0 Å². The highest BCUT2D eigenvalue weighted by molar-refractivity contribution is 7.26. The Balaban J connectivity index is 0.986. The lowest BCUT2D eigenvalue weighted by Gasteiger charge is -2.11. The standard InChI is InChI=1S/C63H39N5S/c1-4-15-40(16-5-1)42-27-31-44(32-28-42)61-64-62(45-33-29-43(30-34-45)41-17-6-2-7-18-41)66-63(65-61)52-23-14-26-56-58(52)51-37-36-50-53-39-47(67-54-24-12-10-21-48(54)49-22-11-13-25-55(49)67)35-38-57(53)69-60(50)59(51)68(56)46-19-8-3-9-20-46/h1-39H. The molecule has 14 aromatic rings. The van der Waals surface area contributed by atoms with E-state index in [0.717, 1.165) is 66.6 Å². The number of hydrogen-bond donors (Lipinski definition) is 0. The molecule has 69 heavy (non-hydrogen) atoms. The third-order valence-electron chi connectivity index (χ3n) is 13.6. The average molecular weight is 898 g/mol. The second-order valence-corrected chi connectivity index (χ2v) is 18.6. The molecule has 10 aromatic carbocycles. The second-order valence-electron chi connectivity index (χ2n) is 17.6. The van der Waals surface area contributed by atoms with E-state index >= 15 is 0 Å². The van der Waals surface area contributed by atoms with Gasteiger partial charge in [-0.05, 0) is 70.8 Å². The van der Waals surface area contributed by atoms with Crippen LogP contribution < -0.4 is 0 Å². The minimum absolute atomic E-state index is 0.622. The third kappa shape index (κ3) is 6.41. The molecule has 0 saturated carbocycles. The van der Waals surface area contributed by atoms with Crippen molar-refractivity contribution in [3.8, 4) is 67.8 Å². The first kappa shape index (κ1) is 39.2. The van der Waals surface area contributed by atoms with Gasteiger partial charge in [0.2, 0.25) is 0 Å². The van der Waals surface area contributed by atoms with Crippen LogP contribution in [0.2, 0.25) is 0 Å². The Labute approximate surface area is 401 Å². The Morgan fingerprint density at radius 1 is 0.304 bits per heavy atom. The van der Waals surface area contributed by atoms with Crippen molar-refractivity contribution in [3.63, 3.8) is 0 Å². The summed E-state index contributed by atoms with van der Waals surface area (Å²) in [5.41, 5.74) is 14.3. The molecule has 4 aromatic heterocycles. The van der Waals surface area contributed by atoms with Crippen molar-refractivity contribution in [1.82, 2.24) is 24.1 Å². The van der Waals surface area contributed by atoms with E-state index in [2.05, 4.69) is 234 Å². The smallest absolute Gasteiger partial charge is 0.164 e. The summed E-state index contributed by atoms with van der Waals surface area (Å²) < 4.78 is 7.33. The fourth-order valence-corrected chi connectivity index (χ4v) is 11.6. The molecule has 0 spiro atoms. The van der Waals surface area contributed by atoms with Gasteiger partial charge in [-0.15, -0.1) is 11.3 Å². The lowest BCUT2D eigenvalue weighted by molar-refractivity contribution is 1.08. The summed E-state index contributed by atoms with van der Waals surface area (Å²) in [4.78, 5) is 15.9. The summed E-state index contributed by atoms with van der Waals surface area (Å²) in [6.45, 7) is 0. The Morgan fingerprint density at radius 2 is 0.797 bits per heavy atom. The second kappa shape index (κ2) is 15.8. The highest BCUT2D eigenvalue weighted by atomic mass is 32.1. The maximum absolute atomic E-state index is 5.35. The number of aromatic nitrogens is 5. The third-order valence-corrected chi connectivity index (χ3v) is 14.8. The fraction of sp³-hybridized carbons (Fsp3) is 0. The van der Waals surface area contributed by atoms with E-state index in [1.54, 1.807) is 0 Å². The topological polar surface area (TPSA) is 48.5 Å². The molecular weight excluding hydrogens is 859 g/mol. The molecule has 322 valence electrons. The summed E-state index contributed by atoms with van der Waals surface area (Å²) in [5.74, 6) is 1.87. The van der Waals surface area contributed by atoms with Gasteiger partial charge in [0.15, 0.2) is 17.5 Å². The molecule has 0 saturated heterocycles. The van der Waals surface area contributed by atoms with E-state index in [1.807, 2.05) is 23.5 Å². The van der Waals surface area contributed by atoms with Crippen LogP contribution in [0.5, 0.6) is 0 Å². The van der Waals surface area contributed by atoms with Crippen molar-refractivity contribution in [2.45, 2.75) is 0 Å². The van der Waals surface area contributed by atoms with Crippen LogP contribution in [0.3, 0.4) is 0 Å². The van der Waals surface area contributed by atoms with Crippen molar-refractivity contribution in [1.29, 1.82) is 0 Å². The number of fused-ring (bicyclic) bond motifs is 10. The van der Waals surface area contributed by atoms with E-state index in [-0.39, 0.29) is 0 Å². The molecule has 0 radical (unpaired) electrons. The minimum atomic E-state index is 0.622. The van der Waals surface area contributed by atoms with E-state index in [4.69, 9.17) is 15.0 Å². The molecular formula is C63H39N5S. The first-order valence-electron chi connectivity index (χ1n) is 23.3. The van der Waals surface area contributed by atoms with Crippen LogP contribution in [0, 0.1) is 0 Å². The molecule has 5 nitrogen and oxygen atoms in total. The number of hydrogen-bond acceptors (Lipinski definition) is 4. The quantitative estimate of drug-likeness (QED) is 0.160. The molecule has 0 bridgehead atoms. The van der Waals surface area contributed by atoms with Gasteiger partial charge in [0.25, 0.3) is 0 Å². The first-order chi connectivity index (χ1) is 34.2. The van der Waals surface area contributed by atoms with Crippen molar-refractivity contribution >= 4 is 75.1 Å². The summed E-state index contributed by atoms with van der Waals surface area (Å²) >= 11 is 1.86. The Hall–Kier alpha value is -8.97. The number of para-hydroxylation sites is 3. The number of benzene rings is 10. The average Bonchev–Trinajstić information content (AvgIpc) is 4.09. The van der Waals surface area contributed by atoms with E-state index < -0.39 is 0 Å². The maximum atomic E-state index is 5.35. The number of rotatable bonds is 7. The van der Waals surface area contributed by atoms with Gasteiger partial charge in [0.1, 0.15) is 0 Å². The summed E-state index contributed by atoms with van der Waals surface area (Å²) in [7, 11) is 0. The van der Waals surface area contributed by atoms with Crippen molar-refractivity contribution < 1.29 is 0 Å². The largest absolute Gasteiger partial charge is 0.309 e. The van der Waals surface area contributed by atoms with Gasteiger partial charge in [-0.3, -0.25) is 0 Å². The summed E-state index contributed by atoms with van der Waals surface area (Å²) in [6.07, 6.45) is 0. The lowest BCUT2D eigenvalue weighted by atomic mass is 10.0. The predicted molar refractivity (Wildman–Crippen MR) is 289 cm³/mol. The molecule has 0 aliphatic heterocycles. The molecule has 14 rings (SSSR count). The van der Waals surface area contributed by atoms with Crippen LogP contribution in [0.15, 0.2) is 237 Å². The molecule has 6 heteroatoms. The van der Waals surface area contributed by atoms with E-state index in [0.29, 0.717) is 17.5 Å². The SMILES string of the molecule is c1ccc(-c2ccc(-c3nc(-c4ccc(-c5ccccc5)cc4)nc(-c4cccc5c4c4ccc6c7cc(-n8c9ccccc9c9ccccc98)ccc7sc6c4n5-c4ccccc4)n3)cc2)cc1.